The molecule has 1 aromatic heterocycles. The lowest BCUT2D eigenvalue weighted by Crippen LogP contribution is -2.64. The number of furan rings is 1. The molecule has 8 nitrogen and oxygen atoms in total. The molecule has 2 heterocycles. The number of hydrogen-bond acceptors (Lipinski definition) is 5. The second-order valence-electron chi connectivity index (χ2n) is 10.0. The fraction of sp³-hybridized carbons (Fsp3) is 0.440. The van der Waals surface area contributed by atoms with Crippen molar-refractivity contribution in [1.29, 1.82) is 0 Å². The Hall–Kier alpha value is -2.91. The van der Waals surface area contributed by atoms with Gasteiger partial charge in [-0.25, -0.2) is 8.42 Å². The van der Waals surface area contributed by atoms with Crippen molar-refractivity contribution in [1.82, 2.24) is 14.9 Å². The zero-order valence-corrected chi connectivity index (χ0v) is 20.9. The molecule has 1 aromatic carbocycles. The fourth-order valence-corrected chi connectivity index (χ4v) is 6.42. The molecule has 1 aliphatic heterocycles. The van der Waals surface area contributed by atoms with Crippen molar-refractivity contribution >= 4 is 21.8 Å². The number of sulfonamides is 1. The molecule has 2 amide bonds. The lowest BCUT2D eigenvalue weighted by molar-refractivity contribution is -0.120. The second kappa shape index (κ2) is 9.76. The Kier molecular flexibility index (Phi) is 7.38. The van der Waals surface area contributed by atoms with E-state index in [2.05, 4.69) is 17.2 Å². The van der Waals surface area contributed by atoms with E-state index in [4.69, 9.17) is 4.42 Å². The topological polar surface area (TPSA) is 109 Å². The van der Waals surface area contributed by atoms with E-state index in [1.165, 1.54) is 22.5 Å². The van der Waals surface area contributed by atoms with Crippen molar-refractivity contribution in [3.63, 3.8) is 0 Å². The highest BCUT2D eigenvalue weighted by Crippen LogP contribution is 2.42. The number of carbonyl (C=O) groups excluding carboxylic acids is 2. The summed E-state index contributed by atoms with van der Waals surface area (Å²) in [6, 6.07) is 12.1. The van der Waals surface area contributed by atoms with E-state index in [1.807, 2.05) is 58.0 Å². The van der Waals surface area contributed by atoms with Crippen molar-refractivity contribution in [3.8, 4) is 0 Å². The van der Waals surface area contributed by atoms with Crippen LogP contribution in [0.2, 0.25) is 0 Å². The van der Waals surface area contributed by atoms with Crippen LogP contribution in [-0.2, 0) is 21.2 Å². The number of nitrogens with one attached hydrogen (secondary N) is 2. The summed E-state index contributed by atoms with van der Waals surface area (Å²) in [5.74, 6) is -0.821. The van der Waals surface area contributed by atoms with Gasteiger partial charge in [-0.1, -0.05) is 64.6 Å². The van der Waals surface area contributed by atoms with Crippen LogP contribution in [-0.4, -0.2) is 50.2 Å². The van der Waals surface area contributed by atoms with Crippen LogP contribution in [0.4, 0.5) is 0 Å². The van der Waals surface area contributed by atoms with Crippen LogP contribution in [0.25, 0.3) is 0 Å². The maximum Gasteiger partial charge on any atom is 0.287 e. The fourth-order valence-electron chi connectivity index (χ4n) is 4.73. The Labute approximate surface area is 201 Å². The molecule has 0 atom stereocenters. The first-order valence-corrected chi connectivity index (χ1v) is 12.7. The number of rotatable bonds is 8. The highest BCUT2D eigenvalue weighted by atomic mass is 32.2. The maximum atomic E-state index is 13.4. The third-order valence-electron chi connectivity index (χ3n) is 6.14. The van der Waals surface area contributed by atoms with Crippen LogP contribution < -0.4 is 10.6 Å². The molecule has 0 radical (unpaired) electrons. The van der Waals surface area contributed by atoms with Crippen molar-refractivity contribution in [2.75, 3.05) is 19.6 Å². The Morgan fingerprint density at radius 1 is 1.09 bits per heavy atom. The Balaban J connectivity index is 1.71. The monoisotopic (exact) mass is 487 g/mol. The molecule has 34 heavy (non-hydrogen) atoms. The molecular formula is C25H33N3O5S. The van der Waals surface area contributed by atoms with Gasteiger partial charge in [-0.05, 0) is 41.0 Å². The Morgan fingerprint density at radius 2 is 1.71 bits per heavy atom. The number of amides is 2. The predicted octanol–water partition coefficient (Wildman–Crippen LogP) is 2.98. The average molecular weight is 488 g/mol. The highest BCUT2D eigenvalue weighted by molar-refractivity contribution is 7.89. The largest absolute Gasteiger partial charge is 0.438 e. The minimum atomic E-state index is -3.98. The number of piperidine rings is 1. The summed E-state index contributed by atoms with van der Waals surface area (Å²) in [7, 11) is -3.98. The van der Waals surface area contributed by atoms with Gasteiger partial charge in [0.05, 0.1) is 0 Å². The van der Waals surface area contributed by atoms with Crippen LogP contribution in [0, 0.1) is 10.8 Å². The summed E-state index contributed by atoms with van der Waals surface area (Å²) < 4.78 is 33.6. The van der Waals surface area contributed by atoms with E-state index >= 15 is 0 Å². The summed E-state index contributed by atoms with van der Waals surface area (Å²) in [6.45, 7) is 11.9. The van der Waals surface area contributed by atoms with Gasteiger partial charge in [0.2, 0.25) is 11.0 Å². The summed E-state index contributed by atoms with van der Waals surface area (Å²) in [6.07, 6.45) is 1.87. The van der Waals surface area contributed by atoms with E-state index in [0.717, 1.165) is 5.56 Å². The predicted molar refractivity (Wildman–Crippen MR) is 130 cm³/mol. The van der Waals surface area contributed by atoms with Crippen LogP contribution in [0.1, 0.15) is 43.8 Å². The maximum absolute atomic E-state index is 13.4. The van der Waals surface area contributed by atoms with Gasteiger partial charge in [0.15, 0.2) is 5.76 Å². The van der Waals surface area contributed by atoms with Gasteiger partial charge in [0, 0.05) is 25.7 Å². The molecule has 2 aromatic rings. The molecule has 0 aliphatic carbocycles. The van der Waals surface area contributed by atoms with Crippen LogP contribution >= 0.6 is 0 Å². The van der Waals surface area contributed by atoms with Crippen molar-refractivity contribution in [2.45, 2.75) is 45.2 Å². The Bertz CT molecular complexity index is 1130. The van der Waals surface area contributed by atoms with E-state index in [1.54, 1.807) is 0 Å². The molecular weight excluding hydrogens is 454 g/mol. The first kappa shape index (κ1) is 25.7. The SMILES string of the molecule is C=CC(=O)NC1C(C)(C)CN(S(=O)(=O)c2ccc(C(=O)NCCc3ccccc3)o2)CC1(C)C. The normalized spacial score (nSPS) is 18.2. The summed E-state index contributed by atoms with van der Waals surface area (Å²) >= 11 is 0. The van der Waals surface area contributed by atoms with Gasteiger partial charge in [0.25, 0.3) is 15.9 Å². The quantitative estimate of drug-likeness (QED) is 0.557. The van der Waals surface area contributed by atoms with Gasteiger partial charge in [-0.2, -0.15) is 4.31 Å². The second-order valence-corrected chi connectivity index (χ2v) is 11.9. The summed E-state index contributed by atoms with van der Waals surface area (Å²) in [5, 5.41) is 5.44. The van der Waals surface area contributed by atoms with Gasteiger partial charge < -0.3 is 15.1 Å². The minimum Gasteiger partial charge on any atom is -0.438 e. The molecule has 1 aliphatic rings. The Morgan fingerprint density at radius 3 is 2.29 bits per heavy atom. The van der Waals surface area contributed by atoms with Crippen LogP contribution in [0.15, 0.2) is 64.6 Å². The number of hydrogen-bond donors (Lipinski definition) is 2. The number of carbonyl (C=O) groups is 2. The number of nitrogens with zero attached hydrogens (tertiary/aromatic N) is 1. The molecule has 1 fully saturated rings. The standard InChI is InChI=1S/C25H33N3O5S/c1-6-20(29)27-23-24(2,3)16-28(17-25(23,4)5)34(31,32)21-13-12-19(33-21)22(30)26-15-14-18-10-8-7-9-11-18/h6-13,23H,1,14-17H2,2-5H3,(H,26,30)(H,27,29). The number of benzene rings is 1. The molecule has 184 valence electrons. The van der Waals surface area contributed by atoms with Crippen LogP contribution in [0.5, 0.6) is 0 Å². The zero-order chi connectivity index (χ0) is 25.1. The van der Waals surface area contributed by atoms with Gasteiger partial charge in [-0.15, -0.1) is 0 Å². The minimum absolute atomic E-state index is 0.0571. The summed E-state index contributed by atoms with van der Waals surface area (Å²) in [4.78, 5) is 24.4. The average Bonchev–Trinajstić information content (AvgIpc) is 3.27. The smallest absolute Gasteiger partial charge is 0.287 e. The van der Waals surface area contributed by atoms with E-state index in [9.17, 15) is 18.0 Å². The van der Waals surface area contributed by atoms with E-state index in [0.29, 0.717) is 13.0 Å². The first-order chi connectivity index (χ1) is 15.9. The lowest BCUT2D eigenvalue weighted by Gasteiger charge is -2.52. The van der Waals surface area contributed by atoms with Gasteiger partial charge in [-0.3, -0.25) is 9.59 Å². The molecule has 1 saturated heterocycles. The van der Waals surface area contributed by atoms with Crippen molar-refractivity contribution in [2.24, 2.45) is 10.8 Å². The molecule has 0 bridgehead atoms. The third-order valence-corrected chi connectivity index (χ3v) is 7.81. The van der Waals surface area contributed by atoms with Crippen LogP contribution in [0.3, 0.4) is 0 Å². The van der Waals surface area contributed by atoms with E-state index in [-0.39, 0.29) is 35.9 Å². The van der Waals surface area contributed by atoms with Crippen molar-refractivity contribution in [3.05, 3.63) is 66.4 Å². The molecule has 0 spiro atoms. The van der Waals surface area contributed by atoms with Crippen molar-refractivity contribution < 1.29 is 22.4 Å². The highest BCUT2D eigenvalue weighted by Gasteiger charge is 2.51. The molecule has 3 rings (SSSR count). The zero-order valence-electron chi connectivity index (χ0n) is 20.1. The molecule has 0 unspecified atom stereocenters. The third kappa shape index (κ3) is 5.59. The van der Waals surface area contributed by atoms with E-state index < -0.39 is 26.8 Å². The molecule has 9 heteroatoms. The first-order valence-electron chi connectivity index (χ1n) is 11.2. The lowest BCUT2D eigenvalue weighted by atomic mass is 9.67. The molecule has 0 saturated carbocycles. The molecule has 2 N–H and O–H groups in total. The summed E-state index contributed by atoms with van der Waals surface area (Å²) in [5.41, 5.74) is -0.0291. The van der Waals surface area contributed by atoms with Gasteiger partial charge in [0.1, 0.15) is 0 Å². The van der Waals surface area contributed by atoms with Gasteiger partial charge >= 0.3 is 0 Å².